The zero-order valence-electron chi connectivity index (χ0n) is 14.1. The second-order valence-corrected chi connectivity index (χ2v) is 7.40. The minimum absolute atomic E-state index is 0.00350. The standard InChI is InChI=1S/C18H21NO5/c1-17(2,3)24-16(22)19-10-13-9-18(13,15(19)21)11-23-14(20)12-7-5-4-6-8-12/h4-8,13H,9-11H2,1-3H3/t13-,18+/m1/s1. The molecule has 0 unspecified atom stereocenters. The van der Waals surface area contributed by atoms with Crippen LogP contribution in [-0.2, 0) is 14.3 Å². The van der Waals surface area contributed by atoms with Gasteiger partial charge in [-0.05, 0) is 45.2 Å². The second kappa shape index (κ2) is 5.61. The Balaban J connectivity index is 1.61. The topological polar surface area (TPSA) is 72.9 Å². The summed E-state index contributed by atoms with van der Waals surface area (Å²) in [5.74, 6) is -0.720. The summed E-state index contributed by atoms with van der Waals surface area (Å²) in [6.45, 7) is 5.59. The Labute approximate surface area is 140 Å². The highest BCUT2D eigenvalue weighted by Crippen LogP contribution is 2.58. The summed E-state index contributed by atoms with van der Waals surface area (Å²) < 4.78 is 10.6. The van der Waals surface area contributed by atoms with E-state index in [0.717, 1.165) is 4.90 Å². The summed E-state index contributed by atoms with van der Waals surface area (Å²) in [7, 11) is 0. The van der Waals surface area contributed by atoms with Crippen molar-refractivity contribution in [2.24, 2.45) is 11.3 Å². The third kappa shape index (κ3) is 3.00. The predicted molar refractivity (Wildman–Crippen MR) is 85.2 cm³/mol. The molecule has 1 aromatic rings. The Morgan fingerprint density at radius 1 is 1.25 bits per heavy atom. The van der Waals surface area contributed by atoms with E-state index in [1.165, 1.54) is 0 Å². The number of hydrogen-bond acceptors (Lipinski definition) is 5. The van der Waals surface area contributed by atoms with Gasteiger partial charge in [-0.2, -0.15) is 0 Å². The van der Waals surface area contributed by atoms with Crippen molar-refractivity contribution in [3.05, 3.63) is 35.9 Å². The van der Waals surface area contributed by atoms with Gasteiger partial charge in [-0.25, -0.2) is 14.5 Å². The SMILES string of the molecule is CC(C)(C)OC(=O)N1C[C@H]2C[C@@]2(COC(=O)c2ccccc2)C1=O. The van der Waals surface area contributed by atoms with Gasteiger partial charge in [0, 0.05) is 6.54 Å². The highest BCUT2D eigenvalue weighted by Gasteiger charge is 2.68. The van der Waals surface area contributed by atoms with E-state index in [9.17, 15) is 14.4 Å². The first-order chi connectivity index (χ1) is 11.2. The first-order valence-electron chi connectivity index (χ1n) is 8.00. The molecule has 2 aliphatic rings. The van der Waals surface area contributed by atoms with Crippen LogP contribution in [0.15, 0.2) is 30.3 Å². The summed E-state index contributed by atoms with van der Waals surface area (Å²) in [5.41, 5.74) is -0.959. The minimum Gasteiger partial charge on any atom is -0.461 e. The maximum atomic E-state index is 12.6. The molecule has 0 N–H and O–H groups in total. The summed E-state index contributed by atoms with van der Waals surface area (Å²) >= 11 is 0. The number of esters is 1. The van der Waals surface area contributed by atoms with Crippen LogP contribution in [0.5, 0.6) is 0 Å². The average molecular weight is 331 g/mol. The van der Waals surface area contributed by atoms with Gasteiger partial charge in [0.2, 0.25) is 5.91 Å². The molecule has 24 heavy (non-hydrogen) atoms. The second-order valence-electron chi connectivity index (χ2n) is 7.40. The summed E-state index contributed by atoms with van der Waals surface area (Å²) in [6, 6.07) is 8.63. The summed E-state index contributed by atoms with van der Waals surface area (Å²) in [5, 5.41) is 0. The highest BCUT2D eigenvalue weighted by molar-refractivity contribution is 6.00. The Bertz CT molecular complexity index is 678. The third-order valence-corrected chi connectivity index (χ3v) is 4.39. The van der Waals surface area contributed by atoms with Crippen LogP contribution in [0.3, 0.4) is 0 Å². The van der Waals surface area contributed by atoms with Crippen molar-refractivity contribution in [2.45, 2.75) is 32.8 Å². The first kappa shape index (κ1) is 16.5. The van der Waals surface area contributed by atoms with E-state index in [0.29, 0.717) is 18.5 Å². The number of carbonyl (C=O) groups is 3. The van der Waals surface area contributed by atoms with Gasteiger partial charge in [0.25, 0.3) is 0 Å². The van der Waals surface area contributed by atoms with E-state index in [-0.39, 0.29) is 18.4 Å². The van der Waals surface area contributed by atoms with Crippen LogP contribution in [0.25, 0.3) is 0 Å². The Morgan fingerprint density at radius 3 is 2.54 bits per heavy atom. The Kier molecular flexibility index (Phi) is 3.86. The number of likely N-dealkylation sites (tertiary alicyclic amines) is 1. The number of ether oxygens (including phenoxy) is 2. The molecular formula is C18H21NO5. The normalized spacial score (nSPS) is 25.2. The lowest BCUT2D eigenvalue weighted by Crippen LogP contribution is -2.41. The van der Waals surface area contributed by atoms with Crippen LogP contribution in [0.2, 0.25) is 0 Å². The molecule has 1 aliphatic heterocycles. The number of nitrogens with zero attached hydrogens (tertiary/aromatic N) is 1. The zero-order valence-corrected chi connectivity index (χ0v) is 14.1. The van der Waals surface area contributed by atoms with E-state index < -0.39 is 23.1 Å². The van der Waals surface area contributed by atoms with Gasteiger partial charge in [0.05, 0.1) is 11.0 Å². The fourth-order valence-corrected chi connectivity index (χ4v) is 3.02. The molecule has 2 fully saturated rings. The largest absolute Gasteiger partial charge is 0.461 e. The number of rotatable bonds is 3. The number of hydrogen-bond donors (Lipinski definition) is 0. The molecule has 128 valence electrons. The number of fused-ring (bicyclic) bond motifs is 1. The van der Waals surface area contributed by atoms with Crippen LogP contribution in [-0.4, -0.2) is 41.6 Å². The number of amides is 2. The third-order valence-electron chi connectivity index (χ3n) is 4.39. The predicted octanol–water partition coefficient (Wildman–Crippen LogP) is 2.63. The van der Waals surface area contributed by atoms with E-state index in [2.05, 4.69) is 0 Å². The lowest BCUT2D eigenvalue weighted by molar-refractivity contribution is -0.134. The molecule has 0 radical (unpaired) electrons. The van der Waals surface area contributed by atoms with Crippen LogP contribution in [0.4, 0.5) is 4.79 Å². The van der Waals surface area contributed by atoms with Crippen molar-refractivity contribution in [3.8, 4) is 0 Å². The molecule has 0 aromatic heterocycles. The summed E-state index contributed by atoms with van der Waals surface area (Å²) in [6.07, 6.45) is 0.0150. The molecule has 6 heteroatoms. The van der Waals surface area contributed by atoms with Crippen molar-refractivity contribution in [3.63, 3.8) is 0 Å². The first-order valence-corrected chi connectivity index (χ1v) is 8.00. The monoisotopic (exact) mass is 331 g/mol. The van der Waals surface area contributed by atoms with Crippen molar-refractivity contribution >= 4 is 18.0 Å². The summed E-state index contributed by atoms with van der Waals surface area (Å²) in [4.78, 5) is 37.9. The van der Waals surface area contributed by atoms with Gasteiger partial charge in [-0.15, -0.1) is 0 Å². The Morgan fingerprint density at radius 2 is 1.92 bits per heavy atom. The molecule has 1 saturated heterocycles. The quantitative estimate of drug-likeness (QED) is 0.796. The van der Waals surface area contributed by atoms with Gasteiger partial charge >= 0.3 is 12.1 Å². The van der Waals surface area contributed by atoms with Gasteiger partial charge in [-0.1, -0.05) is 18.2 Å². The van der Waals surface area contributed by atoms with E-state index in [4.69, 9.17) is 9.47 Å². The Hall–Kier alpha value is -2.37. The maximum Gasteiger partial charge on any atom is 0.417 e. The molecule has 6 nitrogen and oxygen atoms in total. The van der Waals surface area contributed by atoms with Crippen molar-refractivity contribution in [1.29, 1.82) is 0 Å². The molecular weight excluding hydrogens is 310 g/mol. The van der Waals surface area contributed by atoms with Gasteiger partial charge in [0.1, 0.15) is 12.2 Å². The van der Waals surface area contributed by atoms with Crippen LogP contribution < -0.4 is 0 Å². The van der Waals surface area contributed by atoms with E-state index in [1.54, 1.807) is 45.0 Å². The fraction of sp³-hybridized carbons (Fsp3) is 0.500. The lowest BCUT2D eigenvalue weighted by atomic mass is 10.1. The van der Waals surface area contributed by atoms with Crippen molar-refractivity contribution < 1.29 is 23.9 Å². The van der Waals surface area contributed by atoms with Crippen LogP contribution in [0.1, 0.15) is 37.6 Å². The number of piperidine rings is 1. The molecule has 1 aliphatic carbocycles. The minimum atomic E-state index is -0.749. The molecule has 0 bridgehead atoms. The number of benzene rings is 1. The number of carbonyl (C=O) groups excluding carboxylic acids is 3. The molecule has 1 heterocycles. The van der Waals surface area contributed by atoms with Gasteiger partial charge < -0.3 is 9.47 Å². The van der Waals surface area contributed by atoms with Crippen molar-refractivity contribution in [2.75, 3.05) is 13.2 Å². The molecule has 3 rings (SSSR count). The molecule has 0 spiro atoms. The van der Waals surface area contributed by atoms with Crippen molar-refractivity contribution in [1.82, 2.24) is 4.90 Å². The lowest BCUT2D eigenvalue weighted by Gasteiger charge is -2.25. The van der Waals surface area contributed by atoms with E-state index in [1.807, 2.05) is 6.07 Å². The van der Waals surface area contributed by atoms with Crippen LogP contribution >= 0.6 is 0 Å². The maximum absolute atomic E-state index is 12.6. The van der Waals surface area contributed by atoms with Gasteiger partial charge in [-0.3, -0.25) is 4.79 Å². The number of imide groups is 1. The fourth-order valence-electron chi connectivity index (χ4n) is 3.02. The molecule has 2 amide bonds. The molecule has 1 saturated carbocycles. The average Bonchev–Trinajstić information content (AvgIpc) is 3.16. The smallest absolute Gasteiger partial charge is 0.417 e. The van der Waals surface area contributed by atoms with Crippen LogP contribution in [0, 0.1) is 11.3 Å². The molecule has 1 aromatic carbocycles. The highest BCUT2D eigenvalue weighted by atomic mass is 16.6. The zero-order chi connectivity index (χ0) is 17.5. The molecule has 2 atom stereocenters. The van der Waals surface area contributed by atoms with Gasteiger partial charge in [0.15, 0.2) is 0 Å². The van der Waals surface area contributed by atoms with E-state index >= 15 is 0 Å².